The number of carbonyl (C=O) groups excluding carboxylic acids is 1. The van der Waals surface area contributed by atoms with Gasteiger partial charge in [0.1, 0.15) is 0 Å². The highest BCUT2D eigenvalue weighted by Crippen LogP contribution is 2.32. The minimum atomic E-state index is -0.126. The van der Waals surface area contributed by atoms with E-state index in [1.165, 1.54) is 0 Å². The molecule has 3 aromatic rings. The van der Waals surface area contributed by atoms with Crippen molar-refractivity contribution in [2.45, 2.75) is 6.54 Å². The van der Waals surface area contributed by atoms with Crippen LogP contribution >= 0.6 is 0 Å². The van der Waals surface area contributed by atoms with E-state index in [1.807, 2.05) is 66.7 Å². The second kappa shape index (κ2) is 7.19. The molecule has 26 heavy (non-hydrogen) atoms. The molecule has 0 atom stereocenters. The van der Waals surface area contributed by atoms with Gasteiger partial charge in [-0.3, -0.25) is 4.79 Å². The van der Waals surface area contributed by atoms with Gasteiger partial charge < -0.3 is 20.1 Å². The third-order valence-electron chi connectivity index (χ3n) is 4.08. The van der Waals surface area contributed by atoms with Gasteiger partial charge in [0.05, 0.1) is 0 Å². The first-order valence-electron chi connectivity index (χ1n) is 8.37. The highest BCUT2D eigenvalue weighted by Gasteiger charge is 2.13. The molecule has 0 saturated heterocycles. The average Bonchev–Trinajstić information content (AvgIpc) is 3.15. The molecule has 130 valence electrons. The molecule has 1 amide bonds. The van der Waals surface area contributed by atoms with Crippen molar-refractivity contribution in [1.29, 1.82) is 0 Å². The molecule has 0 aliphatic carbocycles. The predicted octanol–water partition coefficient (Wildman–Crippen LogP) is 4.09. The quantitative estimate of drug-likeness (QED) is 0.730. The third kappa shape index (κ3) is 3.62. The molecule has 2 N–H and O–H groups in total. The zero-order valence-electron chi connectivity index (χ0n) is 14.1. The number of rotatable bonds is 5. The monoisotopic (exact) mass is 346 g/mol. The normalized spacial score (nSPS) is 11.8. The first-order valence-corrected chi connectivity index (χ1v) is 8.37. The van der Waals surface area contributed by atoms with Crippen LogP contribution in [0.1, 0.15) is 15.9 Å². The van der Waals surface area contributed by atoms with E-state index in [2.05, 4.69) is 10.6 Å². The van der Waals surface area contributed by atoms with E-state index in [1.54, 1.807) is 6.07 Å². The predicted molar refractivity (Wildman–Crippen MR) is 99.9 cm³/mol. The SMILES string of the molecule is O=C(NCc1ccc2c(c1)OCO2)c1cccc(Nc2ccccc2)c1. The molecule has 1 heterocycles. The van der Waals surface area contributed by atoms with Crippen LogP contribution in [0, 0.1) is 0 Å². The summed E-state index contributed by atoms with van der Waals surface area (Å²) in [4.78, 5) is 12.5. The lowest BCUT2D eigenvalue weighted by Crippen LogP contribution is -2.22. The molecular formula is C21H18N2O3. The number of fused-ring (bicyclic) bond motifs is 1. The number of hydrogen-bond donors (Lipinski definition) is 2. The molecule has 4 rings (SSSR count). The highest BCUT2D eigenvalue weighted by atomic mass is 16.7. The molecule has 0 fully saturated rings. The zero-order valence-corrected chi connectivity index (χ0v) is 14.1. The Hall–Kier alpha value is -3.47. The Labute approximate surface area is 151 Å². The summed E-state index contributed by atoms with van der Waals surface area (Å²) >= 11 is 0. The maximum Gasteiger partial charge on any atom is 0.251 e. The van der Waals surface area contributed by atoms with E-state index in [0.717, 1.165) is 22.7 Å². The van der Waals surface area contributed by atoms with Crippen molar-refractivity contribution in [1.82, 2.24) is 5.32 Å². The molecule has 1 aliphatic rings. The second-order valence-corrected chi connectivity index (χ2v) is 5.94. The fourth-order valence-corrected chi connectivity index (χ4v) is 2.76. The van der Waals surface area contributed by atoms with Gasteiger partial charge in [-0.1, -0.05) is 30.3 Å². The minimum Gasteiger partial charge on any atom is -0.454 e. The summed E-state index contributed by atoms with van der Waals surface area (Å²) < 4.78 is 10.7. The van der Waals surface area contributed by atoms with Crippen molar-refractivity contribution in [3.05, 3.63) is 83.9 Å². The van der Waals surface area contributed by atoms with E-state index in [4.69, 9.17) is 9.47 Å². The molecule has 5 heteroatoms. The lowest BCUT2D eigenvalue weighted by Gasteiger charge is -2.09. The van der Waals surface area contributed by atoms with Crippen LogP contribution in [-0.4, -0.2) is 12.7 Å². The van der Waals surface area contributed by atoms with Crippen molar-refractivity contribution in [2.24, 2.45) is 0 Å². The highest BCUT2D eigenvalue weighted by molar-refractivity contribution is 5.95. The van der Waals surface area contributed by atoms with Crippen LogP contribution < -0.4 is 20.1 Å². The van der Waals surface area contributed by atoms with Gasteiger partial charge in [0, 0.05) is 23.5 Å². The molecule has 5 nitrogen and oxygen atoms in total. The Morgan fingerprint density at radius 3 is 2.54 bits per heavy atom. The van der Waals surface area contributed by atoms with Crippen molar-refractivity contribution in [3.8, 4) is 11.5 Å². The number of nitrogens with one attached hydrogen (secondary N) is 2. The number of anilines is 2. The van der Waals surface area contributed by atoms with Crippen LogP contribution in [0.15, 0.2) is 72.8 Å². The fraction of sp³-hybridized carbons (Fsp3) is 0.0952. The van der Waals surface area contributed by atoms with Crippen LogP contribution in [0.5, 0.6) is 11.5 Å². The Bertz CT molecular complexity index is 926. The number of ether oxygens (including phenoxy) is 2. The summed E-state index contributed by atoms with van der Waals surface area (Å²) in [5.74, 6) is 1.32. The molecule has 0 aromatic heterocycles. The first kappa shape index (κ1) is 16.0. The standard InChI is InChI=1S/C21H18N2O3/c24-21(22-13-15-9-10-19-20(11-15)26-14-25-19)16-5-4-8-18(12-16)23-17-6-2-1-3-7-17/h1-12,23H,13-14H2,(H,22,24). The van der Waals surface area contributed by atoms with Gasteiger partial charge in [-0.05, 0) is 48.0 Å². The lowest BCUT2D eigenvalue weighted by molar-refractivity contribution is 0.0951. The Balaban J connectivity index is 1.41. The van der Waals surface area contributed by atoms with Gasteiger partial charge in [-0.2, -0.15) is 0 Å². The van der Waals surface area contributed by atoms with Gasteiger partial charge in [-0.25, -0.2) is 0 Å². The van der Waals surface area contributed by atoms with Crippen LogP contribution in [-0.2, 0) is 6.54 Å². The smallest absolute Gasteiger partial charge is 0.251 e. The fourth-order valence-electron chi connectivity index (χ4n) is 2.76. The van der Waals surface area contributed by atoms with Gasteiger partial charge in [-0.15, -0.1) is 0 Å². The summed E-state index contributed by atoms with van der Waals surface area (Å²) in [5.41, 5.74) is 3.41. The van der Waals surface area contributed by atoms with Crippen LogP contribution in [0.25, 0.3) is 0 Å². The molecule has 0 bridgehead atoms. The Morgan fingerprint density at radius 1 is 0.846 bits per heavy atom. The molecule has 1 aliphatic heterocycles. The largest absolute Gasteiger partial charge is 0.454 e. The lowest BCUT2D eigenvalue weighted by atomic mass is 10.1. The first-order chi connectivity index (χ1) is 12.8. The number of amides is 1. The van der Waals surface area contributed by atoms with Gasteiger partial charge in [0.2, 0.25) is 6.79 Å². The maximum atomic E-state index is 12.5. The summed E-state index contributed by atoms with van der Waals surface area (Å²) in [5, 5.41) is 6.23. The van der Waals surface area contributed by atoms with Gasteiger partial charge in [0.25, 0.3) is 5.91 Å². The minimum absolute atomic E-state index is 0.126. The average molecular weight is 346 g/mol. The molecule has 0 spiro atoms. The zero-order chi connectivity index (χ0) is 17.8. The summed E-state index contributed by atoms with van der Waals surface area (Å²) in [6, 6.07) is 22.9. The van der Waals surface area contributed by atoms with Crippen LogP contribution in [0.2, 0.25) is 0 Å². The van der Waals surface area contributed by atoms with E-state index in [-0.39, 0.29) is 12.7 Å². The van der Waals surface area contributed by atoms with Crippen molar-refractivity contribution >= 4 is 17.3 Å². The Kier molecular flexibility index (Phi) is 4.43. The molecule has 0 unspecified atom stereocenters. The van der Waals surface area contributed by atoms with Crippen LogP contribution in [0.4, 0.5) is 11.4 Å². The Morgan fingerprint density at radius 2 is 1.65 bits per heavy atom. The molecule has 3 aromatic carbocycles. The third-order valence-corrected chi connectivity index (χ3v) is 4.08. The maximum absolute atomic E-state index is 12.5. The molecular weight excluding hydrogens is 328 g/mol. The summed E-state index contributed by atoms with van der Waals surface area (Å²) in [6.45, 7) is 0.665. The van der Waals surface area contributed by atoms with Crippen molar-refractivity contribution in [3.63, 3.8) is 0 Å². The number of para-hydroxylation sites is 1. The number of benzene rings is 3. The van der Waals surface area contributed by atoms with E-state index in [9.17, 15) is 4.79 Å². The van der Waals surface area contributed by atoms with E-state index >= 15 is 0 Å². The van der Waals surface area contributed by atoms with Crippen molar-refractivity contribution < 1.29 is 14.3 Å². The van der Waals surface area contributed by atoms with E-state index in [0.29, 0.717) is 17.9 Å². The van der Waals surface area contributed by atoms with Gasteiger partial charge >= 0.3 is 0 Å². The topological polar surface area (TPSA) is 59.6 Å². The number of carbonyl (C=O) groups is 1. The van der Waals surface area contributed by atoms with Gasteiger partial charge in [0.15, 0.2) is 11.5 Å². The molecule has 0 radical (unpaired) electrons. The summed E-state index contributed by atoms with van der Waals surface area (Å²) in [7, 11) is 0. The van der Waals surface area contributed by atoms with E-state index < -0.39 is 0 Å². The summed E-state index contributed by atoms with van der Waals surface area (Å²) in [6.07, 6.45) is 0. The number of hydrogen-bond acceptors (Lipinski definition) is 4. The van der Waals surface area contributed by atoms with Crippen LogP contribution in [0.3, 0.4) is 0 Å². The molecule has 0 saturated carbocycles. The second-order valence-electron chi connectivity index (χ2n) is 5.94. The van der Waals surface area contributed by atoms with Crippen molar-refractivity contribution in [2.75, 3.05) is 12.1 Å².